The standard InChI is InChI=1S/C37H35ClFN5O4/c1-21-16-24(8-12-40-21)31-27(6-4-22-9-14-47-15-10-22)42-34-33(35(45)44-13-3-11-37(34,44)2)32(31)23-5-7-29-30(17-23)48-36(46)43(29)20-28-26(39)18-25(38)19-41-28/h5,7-8,12,16-19,22H,3-4,6,9-11,13-15,20H2,1-2H3. The van der Waals surface area contributed by atoms with Crippen molar-refractivity contribution in [3.05, 3.63) is 98.5 Å². The molecule has 246 valence electrons. The van der Waals surface area contributed by atoms with Gasteiger partial charge in [-0.2, -0.15) is 0 Å². The number of aromatic nitrogens is 4. The molecular formula is C37H35ClFN5O4. The zero-order chi connectivity index (χ0) is 33.2. The molecule has 0 aliphatic carbocycles. The molecule has 1 aromatic carbocycles. The molecule has 1 unspecified atom stereocenters. The van der Waals surface area contributed by atoms with Crippen LogP contribution in [0.15, 0.2) is 58.0 Å². The Kier molecular flexibility index (Phi) is 7.68. The van der Waals surface area contributed by atoms with Gasteiger partial charge in [-0.3, -0.25) is 24.3 Å². The minimum Gasteiger partial charge on any atom is -0.408 e. The molecule has 0 N–H and O–H groups in total. The van der Waals surface area contributed by atoms with Gasteiger partial charge in [-0.15, -0.1) is 0 Å². The molecule has 3 aliphatic rings. The summed E-state index contributed by atoms with van der Waals surface area (Å²) in [7, 11) is 0. The number of rotatable bonds is 7. The van der Waals surface area contributed by atoms with Crippen molar-refractivity contribution in [1.29, 1.82) is 0 Å². The van der Waals surface area contributed by atoms with Crippen molar-refractivity contribution in [1.82, 2.24) is 24.4 Å². The van der Waals surface area contributed by atoms with E-state index in [0.29, 0.717) is 29.1 Å². The number of carbonyl (C=O) groups is 1. The summed E-state index contributed by atoms with van der Waals surface area (Å²) in [4.78, 5) is 43.4. The first kappa shape index (κ1) is 30.9. The molecule has 0 spiro atoms. The van der Waals surface area contributed by atoms with Crippen molar-refractivity contribution >= 4 is 28.6 Å². The predicted octanol–water partition coefficient (Wildman–Crippen LogP) is 7.09. The maximum absolute atomic E-state index is 14.7. The second-order valence-electron chi connectivity index (χ2n) is 13.4. The SMILES string of the molecule is Cc1cc(-c2c(CCC3CCOCC3)nc3c(c2-c2ccc4c(c2)oc(=O)n4Cc2ncc(Cl)cc2F)C(=O)N2CCCC32C)ccn1. The smallest absolute Gasteiger partial charge is 0.408 e. The maximum atomic E-state index is 14.7. The maximum Gasteiger partial charge on any atom is 0.420 e. The fraction of sp³-hybridized carbons (Fsp3) is 0.378. The Balaban J connectivity index is 1.33. The number of amides is 1. The van der Waals surface area contributed by atoms with Gasteiger partial charge in [-0.25, -0.2) is 9.18 Å². The molecule has 48 heavy (non-hydrogen) atoms. The number of oxazole rings is 1. The van der Waals surface area contributed by atoms with Crippen molar-refractivity contribution in [3.63, 3.8) is 0 Å². The summed E-state index contributed by atoms with van der Waals surface area (Å²) in [5, 5.41) is 0.173. The summed E-state index contributed by atoms with van der Waals surface area (Å²) in [6, 6.07) is 10.7. The Hall–Kier alpha value is -4.41. The van der Waals surface area contributed by atoms with Crippen LogP contribution in [0.2, 0.25) is 5.02 Å². The monoisotopic (exact) mass is 667 g/mol. The molecule has 4 aromatic heterocycles. The average molecular weight is 668 g/mol. The second-order valence-corrected chi connectivity index (χ2v) is 13.8. The summed E-state index contributed by atoms with van der Waals surface area (Å²) in [5.74, 6) is -0.732. The third-order valence-electron chi connectivity index (χ3n) is 10.3. The van der Waals surface area contributed by atoms with Gasteiger partial charge in [0.1, 0.15) is 5.82 Å². The fourth-order valence-corrected chi connectivity index (χ4v) is 7.99. The minimum absolute atomic E-state index is 0.0288. The van der Waals surface area contributed by atoms with Crippen LogP contribution in [-0.2, 0) is 23.2 Å². The predicted molar refractivity (Wildman–Crippen MR) is 179 cm³/mol. The van der Waals surface area contributed by atoms with E-state index in [1.807, 2.05) is 36.1 Å². The van der Waals surface area contributed by atoms with Crippen LogP contribution in [0.4, 0.5) is 4.39 Å². The van der Waals surface area contributed by atoms with Crippen LogP contribution in [-0.4, -0.2) is 50.1 Å². The second kappa shape index (κ2) is 11.9. The highest BCUT2D eigenvalue weighted by atomic mass is 35.5. The van der Waals surface area contributed by atoms with Crippen LogP contribution >= 0.6 is 11.6 Å². The molecule has 2 fully saturated rings. The van der Waals surface area contributed by atoms with E-state index in [9.17, 15) is 14.0 Å². The number of carbonyl (C=O) groups excluding carboxylic acids is 1. The van der Waals surface area contributed by atoms with E-state index in [0.717, 1.165) is 91.1 Å². The molecule has 2 saturated heterocycles. The molecule has 9 nitrogen and oxygen atoms in total. The van der Waals surface area contributed by atoms with Crippen LogP contribution in [0.25, 0.3) is 33.4 Å². The highest BCUT2D eigenvalue weighted by Gasteiger charge is 2.52. The number of pyridine rings is 3. The summed E-state index contributed by atoms with van der Waals surface area (Å²) in [6.45, 7) is 6.19. The molecule has 7 heterocycles. The molecule has 1 atom stereocenters. The van der Waals surface area contributed by atoms with E-state index in [-0.39, 0.29) is 23.2 Å². The van der Waals surface area contributed by atoms with Crippen LogP contribution in [0.3, 0.4) is 0 Å². The first-order chi connectivity index (χ1) is 23.2. The lowest BCUT2D eigenvalue weighted by Gasteiger charge is -2.28. The zero-order valence-corrected chi connectivity index (χ0v) is 27.6. The molecule has 0 saturated carbocycles. The molecule has 5 aromatic rings. The van der Waals surface area contributed by atoms with E-state index in [1.54, 1.807) is 12.3 Å². The number of ether oxygens (including phenoxy) is 1. The summed E-state index contributed by atoms with van der Waals surface area (Å²) in [5.41, 5.74) is 7.00. The van der Waals surface area contributed by atoms with Crippen molar-refractivity contribution < 1.29 is 18.3 Å². The highest BCUT2D eigenvalue weighted by Crippen LogP contribution is 2.51. The van der Waals surface area contributed by atoms with Gasteiger partial charge in [0.15, 0.2) is 5.58 Å². The van der Waals surface area contributed by atoms with Crippen LogP contribution in [0.1, 0.15) is 72.2 Å². The number of nitrogens with zero attached hydrogens (tertiary/aromatic N) is 5. The quantitative estimate of drug-likeness (QED) is 0.183. The Morgan fingerprint density at radius 3 is 2.62 bits per heavy atom. The van der Waals surface area contributed by atoms with Crippen molar-refractivity contribution in [2.75, 3.05) is 19.8 Å². The van der Waals surface area contributed by atoms with E-state index in [2.05, 4.69) is 16.9 Å². The van der Waals surface area contributed by atoms with Gasteiger partial charge in [0.05, 0.1) is 39.6 Å². The third kappa shape index (κ3) is 5.13. The Labute approximate surface area is 281 Å². The van der Waals surface area contributed by atoms with Crippen LogP contribution in [0, 0.1) is 18.7 Å². The number of aryl methyl sites for hydroxylation is 2. The van der Waals surface area contributed by atoms with Gasteiger partial charge in [0, 0.05) is 54.7 Å². The largest absolute Gasteiger partial charge is 0.420 e. The van der Waals surface area contributed by atoms with E-state index in [4.69, 9.17) is 25.7 Å². The Morgan fingerprint density at radius 2 is 1.83 bits per heavy atom. The number of benzene rings is 1. The lowest BCUT2D eigenvalue weighted by molar-refractivity contribution is 0.0639. The zero-order valence-electron chi connectivity index (χ0n) is 26.9. The first-order valence-electron chi connectivity index (χ1n) is 16.5. The lowest BCUT2D eigenvalue weighted by Crippen LogP contribution is -2.35. The normalized spacial score (nSPS) is 19.3. The molecule has 3 aliphatic heterocycles. The number of halogens is 2. The fourth-order valence-electron chi connectivity index (χ4n) is 7.84. The molecule has 1 amide bonds. The first-order valence-corrected chi connectivity index (χ1v) is 16.9. The van der Waals surface area contributed by atoms with Gasteiger partial charge in [-0.05, 0) is 99.7 Å². The average Bonchev–Trinajstić information content (AvgIpc) is 3.69. The van der Waals surface area contributed by atoms with Gasteiger partial charge in [-0.1, -0.05) is 17.7 Å². The number of hydrogen-bond acceptors (Lipinski definition) is 7. The van der Waals surface area contributed by atoms with Gasteiger partial charge >= 0.3 is 5.76 Å². The van der Waals surface area contributed by atoms with Gasteiger partial charge < -0.3 is 14.1 Å². The van der Waals surface area contributed by atoms with Crippen molar-refractivity contribution in [2.24, 2.45) is 5.92 Å². The minimum atomic E-state index is -0.635. The van der Waals surface area contributed by atoms with Gasteiger partial charge in [0.2, 0.25) is 0 Å². The van der Waals surface area contributed by atoms with Crippen molar-refractivity contribution in [3.8, 4) is 22.3 Å². The van der Waals surface area contributed by atoms with E-state index < -0.39 is 17.1 Å². The number of hydrogen-bond donors (Lipinski definition) is 0. The molecule has 0 bridgehead atoms. The van der Waals surface area contributed by atoms with Crippen molar-refractivity contribution in [2.45, 2.75) is 64.5 Å². The van der Waals surface area contributed by atoms with Gasteiger partial charge in [0.25, 0.3) is 5.91 Å². The Morgan fingerprint density at radius 1 is 1.02 bits per heavy atom. The molecule has 0 radical (unpaired) electrons. The molecular weight excluding hydrogens is 633 g/mol. The lowest BCUT2D eigenvalue weighted by atomic mass is 9.84. The summed E-state index contributed by atoms with van der Waals surface area (Å²) >= 11 is 5.90. The van der Waals surface area contributed by atoms with E-state index in [1.165, 1.54) is 16.8 Å². The molecule has 11 heteroatoms. The Bertz CT molecular complexity index is 2160. The summed E-state index contributed by atoms with van der Waals surface area (Å²) in [6.07, 6.45) is 8.66. The van der Waals surface area contributed by atoms with E-state index >= 15 is 0 Å². The third-order valence-corrected chi connectivity index (χ3v) is 10.6. The van der Waals surface area contributed by atoms with Crippen LogP contribution < -0.4 is 5.76 Å². The number of fused-ring (bicyclic) bond motifs is 4. The summed E-state index contributed by atoms with van der Waals surface area (Å²) < 4.78 is 27.4. The molecule has 8 rings (SSSR count). The van der Waals surface area contributed by atoms with Crippen LogP contribution in [0.5, 0.6) is 0 Å². The highest BCUT2D eigenvalue weighted by molar-refractivity contribution is 6.30. The topological polar surface area (TPSA) is 103 Å².